The molecule has 0 bridgehead atoms. The summed E-state index contributed by atoms with van der Waals surface area (Å²) in [6.07, 6.45) is 2.98. The largest absolute Gasteiger partial charge is 0.389 e. The molecule has 0 unspecified atom stereocenters. The van der Waals surface area contributed by atoms with E-state index in [9.17, 15) is 14.3 Å². The van der Waals surface area contributed by atoms with Crippen LogP contribution in [-0.2, 0) is 11.3 Å². The molecule has 1 aromatic carbocycles. The fourth-order valence-corrected chi connectivity index (χ4v) is 3.70. The number of hydrogen-bond acceptors (Lipinski definition) is 4. The van der Waals surface area contributed by atoms with Gasteiger partial charge in [0.1, 0.15) is 11.3 Å². The molecule has 3 heterocycles. The summed E-state index contributed by atoms with van der Waals surface area (Å²) in [6, 6.07) is 7.52. The Kier molecular flexibility index (Phi) is 5.30. The molecule has 28 heavy (non-hydrogen) atoms. The lowest BCUT2D eigenvalue weighted by Gasteiger charge is -2.28. The van der Waals surface area contributed by atoms with Crippen molar-refractivity contribution in [1.29, 1.82) is 0 Å². The molecule has 146 valence electrons. The Hall–Kier alpha value is -2.48. The van der Waals surface area contributed by atoms with E-state index < -0.39 is 6.10 Å². The van der Waals surface area contributed by atoms with Crippen molar-refractivity contribution in [3.05, 3.63) is 64.7 Å². The van der Waals surface area contributed by atoms with Gasteiger partial charge in [0.05, 0.1) is 34.9 Å². The van der Waals surface area contributed by atoms with E-state index in [0.717, 1.165) is 5.56 Å². The lowest BCUT2D eigenvalue weighted by Crippen LogP contribution is -2.48. The highest BCUT2D eigenvalue weighted by molar-refractivity contribution is 6.35. The Labute approximate surface area is 165 Å². The maximum Gasteiger partial charge on any atom is 0.255 e. The van der Waals surface area contributed by atoms with Crippen LogP contribution in [0.2, 0.25) is 5.02 Å². The van der Waals surface area contributed by atoms with Crippen molar-refractivity contribution in [2.24, 2.45) is 0 Å². The molecule has 1 aliphatic heterocycles. The molecule has 0 spiro atoms. The highest BCUT2D eigenvalue weighted by Gasteiger charge is 2.27. The SMILES string of the molecule is O=C(N[C@H]1CCOC[C@@H]1O)c1cn(Cc2cccc(F)c2)c2c(Cl)ccnc12. The van der Waals surface area contributed by atoms with Crippen LogP contribution in [-0.4, -0.2) is 45.9 Å². The topological polar surface area (TPSA) is 76.4 Å². The van der Waals surface area contributed by atoms with Crippen molar-refractivity contribution >= 4 is 28.5 Å². The molecule has 1 saturated heterocycles. The monoisotopic (exact) mass is 403 g/mol. The fraction of sp³-hybridized carbons (Fsp3) is 0.300. The maximum atomic E-state index is 13.5. The van der Waals surface area contributed by atoms with E-state index in [1.54, 1.807) is 29.0 Å². The van der Waals surface area contributed by atoms with Crippen LogP contribution in [0.5, 0.6) is 0 Å². The first-order chi connectivity index (χ1) is 13.5. The zero-order valence-electron chi connectivity index (χ0n) is 14.9. The molecule has 6 nitrogen and oxygen atoms in total. The molecule has 1 fully saturated rings. The smallest absolute Gasteiger partial charge is 0.255 e. The van der Waals surface area contributed by atoms with E-state index in [2.05, 4.69) is 10.3 Å². The van der Waals surface area contributed by atoms with Crippen molar-refractivity contribution in [2.75, 3.05) is 13.2 Å². The number of rotatable bonds is 4. The second-order valence-electron chi connectivity index (χ2n) is 6.80. The van der Waals surface area contributed by atoms with Crippen molar-refractivity contribution in [2.45, 2.75) is 25.1 Å². The molecular formula is C20H19ClFN3O3. The number of carbonyl (C=O) groups excluding carboxylic acids is 1. The van der Waals surface area contributed by atoms with Gasteiger partial charge in [-0.25, -0.2) is 4.39 Å². The molecule has 2 atom stereocenters. The number of halogens is 2. The Morgan fingerprint density at radius 2 is 2.29 bits per heavy atom. The molecule has 2 N–H and O–H groups in total. The molecule has 1 aliphatic rings. The molecule has 0 aliphatic carbocycles. The summed E-state index contributed by atoms with van der Waals surface area (Å²) < 4.78 is 20.5. The summed E-state index contributed by atoms with van der Waals surface area (Å²) in [4.78, 5) is 17.2. The number of hydrogen-bond donors (Lipinski definition) is 2. The van der Waals surface area contributed by atoms with Crippen molar-refractivity contribution < 1.29 is 19.0 Å². The van der Waals surface area contributed by atoms with Gasteiger partial charge in [0.25, 0.3) is 5.91 Å². The van der Waals surface area contributed by atoms with E-state index in [4.69, 9.17) is 16.3 Å². The average molecular weight is 404 g/mol. The Balaban J connectivity index is 1.69. The quantitative estimate of drug-likeness (QED) is 0.702. The number of nitrogens with zero attached hydrogens (tertiary/aromatic N) is 2. The third-order valence-electron chi connectivity index (χ3n) is 4.83. The Bertz CT molecular complexity index is 1020. The first-order valence-corrected chi connectivity index (χ1v) is 9.35. The van der Waals surface area contributed by atoms with Crippen LogP contribution in [0.3, 0.4) is 0 Å². The van der Waals surface area contributed by atoms with Crippen LogP contribution >= 0.6 is 11.6 Å². The van der Waals surface area contributed by atoms with Gasteiger partial charge in [0, 0.05) is 25.5 Å². The van der Waals surface area contributed by atoms with E-state index in [1.165, 1.54) is 18.3 Å². The second-order valence-corrected chi connectivity index (χ2v) is 7.21. The van der Waals surface area contributed by atoms with E-state index in [1.807, 2.05) is 0 Å². The van der Waals surface area contributed by atoms with Crippen molar-refractivity contribution in [3.8, 4) is 0 Å². The Morgan fingerprint density at radius 3 is 3.07 bits per heavy atom. The highest BCUT2D eigenvalue weighted by atomic mass is 35.5. The average Bonchev–Trinajstić information content (AvgIpc) is 3.03. The third-order valence-corrected chi connectivity index (χ3v) is 5.14. The number of amides is 1. The number of nitrogens with one attached hydrogen (secondary N) is 1. The zero-order chi connectivity index (χ0) is 19.7. The minimum Gasteiger partial charge on any atom is -0.389 e. The number of ether oxygens (including phenoxy) is 1. The number of fused-ring (bicyclic) bond motifs is 1. The van der Waals surface area contributed by atoms with Gasteiger partial charge in [0.15, 0.2) is 0 Å². The van der Waals surface area contributed by atoms with Gasteiger partial charge in [-0.1, -0.05) is 23.7 Å². The molecule has 1 amide bonds. The number of carbonyl (C=O) groups is 1. The van der Waals surface area contributed by atoms with E-state index in [0.29, 0.717) is 41.2 Å². The Morgan fingerprint density at radius 1 is 1.43 bits per heavy atom. The first kappa shape index (κ1) is 18.9. The predicted octanol–water partition coefficient (Wildman–Crippen LogP) is 2.76. The summed E-state index contributed by atoms with van der Waals surface area (Å²) >= 11 is 6.37. The van der Waals surface area contributed by atoms with Crippen LogP contribution < -0.4 is 5.32 Å². The number of aliphatic hydroxyl groups excluding tert-OH is 1. The van der Waals surface area contributed by atoms with Gasteiger partial charge in [-0.05, 0) is 30.2 Å². The molecule has 2 aromatic heterocycles. The van der Waals surface area contributed by atoms with Gasteiger partial charge >= 0.3 is 0 Å². The predicted molar refractivity (Wildman–Crippen MR) is 103 cm³/mol. The maximum absolute atomic E-state index is 13.5. The summed E-state index contributed by atoms with van der Waals surface area (Å²) in [6.45, 7) is 1.01. The minimum atomic E-state index is -0.755. The van der Waals surface area contributed by atoms with Crippen LogP contribution in [0.15, 0.2) is 42.7 Å². The van der Waals surface area contributed by atoms with E-state index in [-0.39, 0.29) is 24.4 Å². The summed E-state index contributed by atoms with van der Waals surface area (Å²) in [5, 5.41) is 13.3. The lowest BCUT2D eigenvalue weighted by atomic mass is 10.1. The fourth-order valence-electron chi connectivity index (χ4n) is 3.44. The van der Waals surface area contributed by atoms with Gasteiger partial charge in [-0.2, -0.15) is 0 Å². The van der Waals surface area contributed by atoms with Gasteiger partial charge in [-0.15, -0.1) is 0 Å². The number of benzene rings is 1. The van der Waals surface area contributed by atoms with Crippen LogP contribution in [0.1, 0.15) is 22.3 Å². The normalized spacial score (nSPS) is 19.7. The second kappa shape index (κ2) is 7.87. The lowest BCUT2D eigenvalue weighted by molar-refractivity contribution is -0.0260. The molecule has 0 radical (unpaired) electrons. The molecular weight excluding hydrogens is 385 g/mol. The molecule has 3 aromatic rings. The highest BCUT2D eigenvalue weighted by Crippen LogP contribution is 2.27. The molecule has 4 rings (SSSR count). The van der Waals surface area contributed by atoms with E-state index >= 15 is 0 Å². The number of aromatic nitrogens is 2. The molecule has 8 heteroatoms. The summed E-state index contributed by atoms with van der Waals surface area (Å²) in [7, 11) is 0. The van der Waals surface area contributed by atoms with Gasteiger partial charge < -0.3 is 19.7 Å². The minimum absolute atomic E-state index is 0.191. The van der Waals surface area contributed by atoms with Crippen molar-refractivity contribution in [1.82, 2.24) is 14.9 Å². The first-order valence-electron chi connectivity index (χ1n) is 8.97. The van der Waals surface area contributed by atoms with Gasteiger partial charge in [-0.3, -0.25) is 9.78 Å². The molecule has 0 saturated carbocycles. The van der Waals surface area contributed by atoms with Gasteiger partial charge in [0.2, 0.25) is 0 Å². The third kappa shape index (κ3) is 3.73. The summed E-state index contributed by atoms with van der Waals surface area (Å²) in [5.41, 5.74) is 2.16. The summed E-state index contributed by atoms with van der Waals surface area (Å²) in [5.74, 6) is -0.673. The zero-order valence-corrected chi connectivity index (χ0v) is 15.7. The number of aliphatic hydroxyl groups is 1. The van der Waals surface area contributed by atoms with Crippen molar-refractivity contribution in [3.63, 3.8) is 0 Å². The van der Waals surface area contributed by atoms with Crippen LogP contribution in [0.4, 0.5) is 4.39 Å². The van der Waals surface area contributed by atoms with Crippen LogP contribution in [0.25, 0.3) is 11.0 Å². The number of pyridine rings is 1. The standard InChI is InChI=1S/C20H19ClFN3O3/c21-15-4-6-23-18-14(20(27)24-16-5-7-28-11-17(16)26)10-25(19(15)18)9-12-2-1-3-13(22)8-12/h1-4,6,8,10,16-17,26H,5,7,9,11H2,(H,24,27)/t16-,17-/m0/s1. The van der Waals surface area contributed by atoms with Crippen LogP contribution in [0, 0.1) is 5.82 Å².